The monoisotopic (exact) mass is 399 g/mol. The van der Waals surface area contributed by atoms with Crippen LogP contribution in [0.5, 0.6) is 0 Å². The third-order valence-electron chi connectivity index (χ3n) is 2.97. The highest BCUT2D eigenvalue weighted by Crippen LogP contribution is 1.97. The van der Waals surface area contributed by atoms with Crippen molar-refractivity contribution >= 4 is 29.9 Å². The van der Waals surface area contributed by atoms with Crippen LogP contribution in [0.4, 0.5) is 0 Å². The summed E-state index contributed by atoms with van der Waals surface area (Å²) in [6.07, 6.45) is 4.72. The molecule has 0 atom stereocenters. The number of benzene rings is 1. The first-order valence-electron chi connectivity index (χ1n) is 6.84. The molecule has 0 fully saturated rings. The molecule has 0 saturated heterocycles. The summed E-state index contributed by atoms with van der Waals surface area (Å²) in [7, 11) is 1.78. The van der Waals surface area contributed by atoms with Crippen molar-refractivity contribution in [2.45, 2.75) is 13.0 Å². The summed E-state index contributed by atoms with van der Waals surface area (Å²) in [4.78, 5) is 4.20. The molecule has 1 aromatic heterocycles. The number of guanidine groups is 1. The van der Waals surface area contributed by atoms with Crippen molar-refractivity contribution in [3.05, 3.63) is 54.4 Å². The second-order valence-electron chi connectivity index (χ2n) is 4.43. The fraction of sp³-hybridized carbons (Fsp3) is 0.333. The SMILES string of the molecule is CN=C(NCCc1ccccc1)NCCn1cccn1.I. The van der Waals surface area contributed by atoms with E-state index in [2.05, 4.69) is 45.0 Å². The van der Waals surface area contributed by atoms with Crippen LogP contribution in [0.2, 0.25) is 0 Å². The predicted octanol–water partition coefficient (Wildman–Crippen LogP) is 1.91. The Bertz CT molecular complexity index is 510. The summed E-state index contributed by atoms with van der Waals surface area (Å²) >= 11 is 0. The van der Waals surface area contributed by atoms with Crippen LogP contribution in [-0.4, -0.2) is 35.9 Å². The predicted molar refractivity (Wildman–Crippen MR) is 97.2 cm³/mol. The molecule has 0 radical (unpaired) electrons. The Morgan fingerprint density at radius 1 is 1.14 bits per heavy atom. The van der Waals surface area contributed by atoms with Crippen LogP contribution in [0.25, 0.3) is 0 Å². The lowest BCUT2D eigenvalue weighted by atomic mass is 10.1. The second kappa shape index (κ2) is 10.2. The van der Waals surface area contributed by atoms with Gasteiger partial charge in [-0.3, -0.25) is 9.67 Å². The lowest BCUT2D eigenvalue weighted by Gasteiger charge is -2.11. The number of nitrogens with zero attached hydrogens (tertiary/aromatic N) is 3. The molecule has 0 saturated carbocycles. The number of hydrogen-bond acceptors (Lipinski definition) is 2. The highest BCUT2D eigenvalue weighted by molar-refractivity contribution is 14.0. The van der Waals surface area contributed by atoms with Gasteiger partial charge in [0.05, 0.1) is 6.54 Å². The van der Waals surface area contributed by atoms with Gasteiger partial charge in [0, 0.05) is 32.5 Å². The number of aliphatic imine (C=N–C) groups is 1. The van der Waals surface area contributed by atoms with Crippen molar-refractivity contribution in [3.63, 3.8) is 0 Å². The van der Waals surface area contributed by atoms with Gasteiger partial charge in [0.1, 0.15) is 0 Å². The fourth-order valence-electron chi connectivity index (χ4n) is 1.91. The van der Waals surface area contributed by atoms with Gasteiger partial charge in [0.25, 0.3) is 0 Å². The second-order valence-corrected chi connectivity index (χ2v) is 4.43. The maximum Gasteiger partial charge on any atom is 0.191 e. The van der Waals surface area contributed by atoms with Gasteiger partial charge in [-0.1, -0.05) is 30.3 Å². The molecule has 0 aliphatic carbocycles. The number of rotatable bonds is 6. The Balaban J connectivity index is 0.00000220. The van der Waals surface area contributed by atoms with Crippen molar-refractivity contribution < 1.29 is 0 Å². The van der Waals surface area contributed by atoms with Gasteiger partial charge in [-0.2, -0.15) is 5.10 Å². The van der Waals surface area contributed by atoms with Crippen LogP contribution in [0.1, 0.15) is 5.56 Å². The first-order valence-corrected chi connectivity index (χ1v) is 6.84. The molecule has 0 unspecified atom stereocenters. The van der Waals surface area contributed by atoms with Crippen LogP contribution in [0.15, 0.2) is 53.8 Å². The molecular weight excluding hydrogens is 377 g/mol. The Labute approximate surface area is 142 Å². The summed E-state index contributed by atoms with van der Waals surface area (Å²) < 4.78 is 1.89. The van der Waals surface area contributed by atoms with Crippen molar-refractivity contribution in [1.29, 1.82) is 0 Å². The van der Waals surface area contributed by atoms with Gasteiger partial charge in [-0.05, 0) is 18.1 Å². The van der Waals surface area contributed by atoms with Crippen molar-refractivity contribution in [3.8, 4) is 0 Å². The first kappa shape index (κ1) is 17.5. The topological polar surface area (TPSA) is 54.2 Å². The average Bonchev–Trinajstić information content (AvgIpc) is 3.00. The highest BCUT2D eigenvalue weighted by atomic mass is 127. The lowest BCUT2D eigenvalue weighted by molar-refractivity contribution is 0.598. The molecule has 2 N–H and O–H groups in total. The van der Waals surface area contributed by atoms with Gasteiger partial charge in [-0.25, -0.2) is 0 Å². The molecule has 114 valence electrons. The van der Waals surface area contributed by atoms with Gasteiger partial charge < -0.3 is 10.6 Å². The van der Waals surface area contributed by atoms with Crippen LogP contribution in [0, 0.1) is 0 Å². The van der Waals surface area contributed by atoms with Crippen LogP contribution >= 0.6 is 24.0 Å². The number of halogens is 1. The van der Waals surface area contributed by atoms with E-state index in [1.807, 2.05) is 23.0 Å². The zero-order valence-electron chi connectivity index (χ0n) is 12.2. The van der Waals surface area contributed by atoms with Crippen molar-refractivity contribution in [2.75, 3.05) is 20.1 Å². The summed E-state index contributed by atoms with van der Waals surface area (Å²) in [5, 5.41) is 10.7. The smallest absolute Gasteiger partial charge is 0.191 e. The van der Waals surface area contributed by atoms with E-state index in [-0.39, 0.29) is 24.0 Å². The van der Waals surface area contributed by atoms with E-state index in [0.717, 1.165) is 32.0 Å². The van der Waals surface area contributed by atoms with E-state index < -0.39 is 0 Å². The first-order chi connectivity index (χ1) is 9.88. The molecule has 0 aliphatic heterocycles. The van der Waals surface area contributed by atoms with E-state index in [9.17, 15) is 0 Å². The minimum Gasteiger partial charge on any atom is -0.356 e. The normalized spacial score (nSPS) is 10.8. The molecular formula is C15H22IN5. The average molecular weight is 399 g/mol. The standard InChI is InChI=1S/C15H21N5.HI/c1-16-15(18-11-13-20-12-5-9-19-20)17-10-8-14-6-3-2-4-7-14;/h2-7,9,12H,8,10-11,13H2,1H3,(H2,16,17,18);1H. The maximum absolute atomic E-state index is 4.20. The Kier molecular flexibility index (Phi) is 8.49. The van der Waals surface area contributed by atoms with E-state index in [4.69, 9.17) is 0 Å². The van der Waals surface area contributed by atoms with E-state index in [0.29, 0.717) is 0 Å². The third-order valence-corrected chi connectivity index (χ3v) is 2.97. The molecule has 2 aromatic rings. The van der Waals surface area contributed by atoms with E-state index in [1.54, 1.807) is 13.2 Å². The van der Waals surface area contributed by atoms with Crippen molar-refractivity contribution in [2.24, 2.45) is 4.99 Å². The molecule has 0 bridgehead atoms. The van der Waals surface area contributed by atoms with Gasteiger partial charge in [0.2, 0.25) is 0 Å². The van der Waals surface area contributed by atoms with Gasteiger partial charge in [-0.15, -0.1) is 24.0 Å². The number of aromatic nitrogens is 2. The molecule has 2 rings (SSSR count). The number of nitrogens with one attached hydrogen (secondary N) is 2. The van der Waals surface area contributed by atoms with Crippen molar-refractivity contribution in [1.82, 2.24) is 20.4 Å². The fourth-order valence-corrected chi connectivity index (χ4v) is 1.91. The highest BCUT2D eigenvalue weighted by Gasteiger charge is 1.97. The molecule has 1 aromatic carbocycles. The molecule has 0 amide bonds. The Morgan fingerprint density at radius 3 is 2.57 bits per heavy atom. The number of hydrogen-bond donors (Lipinski definition) is 2. The van der Waals surface area contributed by atoms with E-state index >= 15 is 0 Å². The van der Waals surface area contributed by atoms with Gasteiger partial charge >= 0.3 is 0 Å². The quantitative estimate of drug-likeness (QED) is 0.443. The van der Waals surface area contributed by atoms with Gasteiger partial charge in [0.15, 0.2) is 5.96 Å². The minimum absolute atomic E-state index is 0. The molecule has 6 heteroatoms. The molecule has 21 heavy (non-hydrogen) atoms. The molecule has 0 aliphatic rings. The minimum atomic E-state index is 0. The lowest BCUT2D eigenvalue weighted by Crippen LogP contribution is -2.39. The molecule has 0 spiro atoms. The van der Waals surface area contributed by atoms with Crippen LogP contribution in [-0.2, 0) is 13.0 Å². The van der Waals surface area contributed by atoms with Crippen LogP contribution < -0.4 is 10.6 Å². The maximum atomic E-state index is 4.20. The molecule has 5 nitrogen and oxygen atoms in total. The van der Waals surface area contributed by atoms with Crippen LogP contribution in [0.3, 0.4) is 0 Å². The summed E-state index contributed by atoms with van der Waals surface area (Å²) in [6.45, 7) is 2.49. The Morgan fingerprint density at radius 2 is 1.90 bits per heavy atom. The largest absolute Gasteiger partial charge is 0.356 e. The summed E-state index contributed by atoms with van der Waals surface area (Å²) in [6, 6.07) is 12.4. The zero-order valence-corrected chi connectivity index (χ0v) is 14.5. The Hall–Kier alpha value is -1.57. The van der Waals surface area contributed by atoms with E-state index in [1.165, 1.54) is 5.56 Å². The molecule has 1 heterocycles. The zero-order chi connectivity index (χ0) is 14.0. The summed E-state index contributed by atoms with van der Waals surface area (Å²) in [5.41, 5.74) is 1.33. The third kappa shape index (κ3) is 6.61. The summed E-state index contributed by atoms with van der Waals surface area (Å²) in [5.74, 6) is 0.827.